The highest BCUT2D eigenvalue weighted by molar-refractivity contribution is 8.00. The topological polar surface area (TPSA) is 46.3 Å². The van der Waals surface area contributed by atoms with Gasteiger partial charge in [0, 0.05) is 30.6 Å². The zero-order valence-corrected chi connectivity index (χ0v) is 13.1. The summed E-state index contributed by atoms with van der Waals surface area (Å²) >= 11 is 1.99. The predicted octanol–water partition coefficient (Wildman–Crippen LogP) is 2.35. The van der Waals surface area contributed by atoms with Crippen molar-refractivity contribution in [1.29, 1.82) is 0 Å². The Balaban J connectivity index is 2.60. The van der Waals surface area contributed by atoms with E-state index in [1.54, 1.807) is 0 Å². The largest absolute Gasteiger partial charge is 0.340 e. The van der Waals surface area contributed by atoms with Gasteiger partial charge in [-0.15, -0.1) is 0 Å². The van der Waals surface area contributed by atoms with E-state index in [-0.39, 0.29) is 17.2 Å². The minimum absolute atomic E-state index is 0.00870. The van der Waals surface area contributed by atoms with Crippen LogP contribution in [0, 0.1) is 11.3 Å². The van der Waals surface area contributed by atoms with Crippen LogP contribution in [0.25, 0.3) is 0 Å². The molecule has 2 N–H and O–H groups in total. The molecule has 18 heavy (non-hydrogen) atoms. The Labute approximate surface area is 116 Å². The maximum Gasteiger partial charge on any atom is 0.227 e. The summed E-state index contributed by atoms with van der Waals surface area (Å²) < 4.78 is 0. The highest BCUT2D eigenvalue weighted by Gasteiger charge is 2.30. The summed E-state index contributed by atoms with van der Waals surface area (Å²) in [6.07, 6.45) is 2.02. The Morgan fingerprint density at radius 1 is 1.50 bits per heavy atom. The summed E-state index contributed by atoms with van der Waals surface area (Å²) in [6, 6.07) is 0. The van der Waals surface area contributed by atoms with Crippen molar-refractivity contribution in [2.24, 2.45) is 17.1 Å². The van der Waals surface area contributed by atoms with E-state index >= 15 is 0 Å². The van der Waals surface area contributed by atoms with Crippen molar-refractivity contribution in [2.45, 2.75) is 45.8 Å². The number of amides is 1. The van der Waals surface area contributed by atoms with Crippen LogP contribution in [0.15, 0.2) is 0 Å². The van der Waals surface area contributed by atoms with Gasteiger partial charge >= 0.3 is 0 Å². The van der Waals surface area contributed by atoms with Crippen molar-refractivity contribution in [1.82, 2.24) is 4.90 Å². The van der Waals surface area contributed by atoms with Crippen molar-refractivity contribution < 1.29 is 4.79 Å². The monoisotopic (exact) mass is 272 g/mol. The average molecular weight is 272 g/mol. The molecule has 4 heteroatoms. The van der Waals surface area contributed by atoms with E-state index in [4.69, 9.17) is 5.73 Å². The van der Waals surface area contributed by atoms with Crippen LogP contribution in [0.2, 0.25) is 0 Å². The fraction of sp³-hybridized carbons (Fsp3) is 0.929. The SMILES string of the molecule is CCC1CN(C(=O)C(CN)CC(C)(C)C)CCS1. The number of nitrogens with zero attached hydrogens (tertiary/aromatic N) is 1. The van der Waals surface area contributed by atoms with E-state index in [2.05, 4.69) is 27.7 Å². The molecule has 1 fully saturated rings. The van der Waals surface area contributed by atoms with Gasteiger partial charge in [-0.2, -0.15) is 11.8 Å². The van der Waals surface area contributed by atoms with Crippen molar-refractivity contribution in [3.63, 3.8) is 0 Å². The minimum Gasteiger partial charge on any atom is -0.340 e. The third-order valence-electron chi connectivity index (χ3n) is 3.40. The van der Waals surface area contributed by atoms with Crippen LogP contribution in [0.3, 0.4) is 0 Å². The highest BCUT2D eigenvalue weighted by atomic mass is 32.2. The Hall–Kier alpha value is -0.220. The third-order valence-corrected chi connectivity index (χ3v) is 4.77. The molecule has 1 aliphatic heterocycles. The smallest absolute Gasteiger partial charge is 0.227 e. The van der Waals surface area contributed by atoms with E-state index in [0.29, 0.717) is 11.8 Å². The number of thioether (sulfide) groups is 1. The molecule has 3 nitrogen and oxygen atoms in total. The molecule has 2 unspecified atom stereocenters. The molecule has 1 rings (SSSR count). The molecule has 106 valence electrons. The van der Waals surface area contributed by atoms with Crippen molar-refractivity contribution in [3.8, 4) is 0 Å². The van der Waals surface area contributed by atoms with Crippen LogP contribution in [-0.2, 0) is 4.79 Å². The zero-order chi connectivity index (χ0) is 13.8. The number of rotatable bonds is 4. The fourth-order valence-corrected chi connectivity index (χ4v) is 3.62. The van der Waals surface area contributed by atoms with Gasteiger partial charge < -0.3 is 10.6 Å². The summed E-state index contributed by atoms with van der Waals surface area (Å²) in [5, 5.41) is 0.607. The second-order valence-corrected chi connectivity index (χ2v) is 7.79. The normalized spacial score (nSPS) is 22.9. The number of hydrogen-bond acceptors (Lipinski definition) is 3. The zero-order valence-electron chi connectivity index (χ0n) is 12.2. The molecular formula is C14H28N2OS. The van der Waals surface area contributed by atoms with E-state index < -0.39 is 0 Å². The first-order valence-corrected chi connectivity index (χ1v) is 8.02. The molecule has 0 spiro atoms. The molecule has 0 saturated carbocycles. The molecule has 1 saturated heterocycles. The van der Waals surface area contributed by atoms with Gasteiger partial charge in [-0.3, -0.25) is 4.79 Å². The lowest BCUT2D eigenvalue weighted by atomic mass is 9.84. The molecular weight excluding hydrogens is 244 g/mol. The number of carbonyl (C=O) groups is 1. The van der Waals surface area contributed by atoms with Gasteiger partial charge in [-0.25, -0.2) is 0 Å². The lowest BCUT2D eigenvalue weighted by molar-refractivity contribution is -0.136. The average Bonchev–Trinajstić information content (AvgIpc) is 2.34. The molecule has 1 heterocycles. The van der Waals surface area contributed by atoms with E-state index in [1.165, 1.54) is 0 Å². The van der Waals surface area contributed by atoms with Crippen LogP contribution >= 0.6 is 11.8 Å². The predicted molar refractivity (Wildman–Crippen MR) is 79.7 cm³/mol. The number of nitrogens with two attached hydrogens (primary N) is 1. The van der Waals surface area contributed by atoms with Gasteiger partial charge in [-0.1, -0.05) is 27.7 Å². The quantitative estimate of drug-likeness (QED) is 0.854. The second-order valence-electron chi connectivity index (χ2n) is 6.38. The third kappa shape index (κ3) is 4.81. The first-order chi connectivity index (χ1) is 8.37. The lowest BCUT2D eigenvalue weighted by Crippen LogP contribution is -2.46. The van der Waals surface area contributed by atoms with E-state index in [9.17, 15) is 4.79 Å². The fourth-order valence-electron chi connectivity index (χ4n) is 2.44. The van der Waals surface area contributed by atoms with Gasteiger partial charge in [-0.05, 0) is 18.3 Å². The van der Waals surface area contributed by atoms with Crippen LogP contribution in [0.1, 0.15) is 40.5 Å². The van der Waals surface area contributed by atoms with Crippen molar-refractivity contribution >= 4 is 17.7 Å². The molecule has 0 aromatic rings. The van der Waals surface area contributed by atoms with Crippen molar-refractivity contribution in [2.75, 3.05) is 25.4 Å². The number of hydrogen-bond donors (Lipinski definition) is 1. The second kappa shape index (κ2) is 6.80. The molecule has 0 aliphatic carbocycles. The van der Waals surface area contributed by atoms with Crippen LogP contribution < -0.4 is 5.73 Å². The van der Waals surface area contributed by atoms with Crippen molar-refractivity contribution in [3.05, 3.63) is 0 Å². The van der Waals surface area contributed by atoms with Crippen LogP contribution in [0.4, 0.5) is 0 Å². The maximum atomic E-state index is 12.5. The lowest BCUT2D eigenvalue weighted by Gasteiger charge is -2.35. The highest BCUT2D eigenvalue weighted by Crippen LogP contribution is 2.27. The molecule has 0 aromatic carbocycles. The molecule has 0 bridgehead atoms. The Bertz CT molecular complexity index is 275. The van der Waals surface area contributed by atoms with Gasteiger partial charge in [0.2, 0.25) is 5.91 Å². The summed E-state index contributed by atoms with van der Waals surface area (Å²) in [6.45, 7) is 11.0. The first kappa shape index (κ1) is 15.8. The molecule has 2 atom stereocenters. The van der Waals surface area contributed by atoms with Gasteiger partial charge in [0.05, 0.1) is 5.92 Å². The van der Waals surface area contributed by atoms with Crippen LogP contribution in [-0.4, -0.2) is 41.4 Å². The van der Waals surface area contributed by atoms with Crippen LogP contribution in [0.5, 0.6) is 0 Å². The summed E-state index contributed by atoms with van der Waals surface area (Å²) in [4.78, 5) is 14.5. The maximum absolute atomic E-state index is 12.5. The van der Waals surface area contributed by atoms with Gasteiger partial charge in [0.1, 0.15) is 0 Å². The summed E-state index contributed by atoms with van der Waals surface area (Å²) in [5.74, 6) is 1.33. The Morgan fingerprint density at radius 2 is 2.17 bits per heavy atom. The number of carbonyl (C=O) groups excluding carboxylic acids is 1. The standard InChI is InChI=1S/C14H28N2OS/c1-5-12-10-16(6-7-18-12)13(17)11(9-15)8-14(2,3)4/h11-12H,5-10,15H2,1-4H3. The van der Waals surface area contributed by atoms with E-state index in [0.717, 1.165) is 31.7 Å². The van der Waals surface area contributed by atoms with Gasteiger partial charge in [0.25, 0.3) is 0 Å². The summed E-state index contributed by atoms with van der Waals surface area (Å²) in [5.41, 5.74) is 5.96. The first-order valence-electron chi connectivity index (χ1n) is 6.98. The Kier molecular flexibility index (Phi) is 5.99. The molecule has 0 radical (unpaired) electrons. The Morgan fingerprint density at radius 3 is 2.67 bits per heavy atom. The summed E-state index contributed by atoms with van der Waals surface area (Å²) in [7, 11) is 0. The molecule has 1 aliphatic rings. The molecule has 0 aromatic heterocycles. The minimum atomic E-state index is -0.00870. The van der Waals surface area contributed by atoms with Gasteiger partial charge in [0.15, 0.2) is 0 Å². The molecule has 1 amide bonds. The van der Waals surface area contributed by atoms with E-state index in [1.807, 2.05) is 16.7 Å².